The van der Waals surface area contributed by atoms with E-state index in [0.29, 0.717) is 10.7 Å². The fourth-order valence-electron chi connectivity index (χ4n) is 1.22. The lowest BCUT2D eigenvalue weighted by Gasteiger charge is -2.03. The van der Waals surface area contributed by atoms with E-state index in [1.807, 2.05) is 23.6 Å². The third-order valence-corrected chi connectivity index (χ3v) is 3.21. The van der Waals surface area contributed by atoms with Gasteiger partial charge in [0.2, 0.25) is 0 Å². The summed E-state index contributed by atoms with van der Waals surface area (Å²) in [6, 6.07) is 7.50. The van der Waals surface area contributed by atoms with Crippen molar-refractivity contribution in [1.82, 2.24) is 4.98 Å². The van der Waals surface area contributed by atoms with Gasteiger partial charge in [0.05, 0.1) is 5.56 Å². The molecule has 0 aromatic carbocycles. The molecule has 0 unspecified atom stereocenters. The average molecular weight is 255 g/mol. The molecule has 0 aliphatic rings. The number of nitriles is 1. The van der Waals surface area contributed by atoms with Crippen LogP contribution in [0.2, 0.25) is 10.3 Å². The van der Waals surface area contributed by atoms with Crippen molar-refractivity contribution < 1.29 is 0 Å². The lowest BCUT2D eigenvalue weighted by Crippen LogP contribution is -1.88. The van der Waals surface area contributed by atoms with Crippen LogP contribution in [0.5, 0.6) is 0 Å². The SMILES string of the molecule is N#Cc1c(-c2cccs2)cc(Cl)nc1Cl. The van der Waals surface area contributed by atoms with Gasteiger partial charge >= 0.3 is 0 Å². The summed E-state index contributed by atoms with van der Waals surface area (Å²) in [6.07, 6.45) is 0. The second-order valence-electron chi connectivity index (χ2n) is 2.75. The number of nitrogens with zero attached hydrogens (tertiary/aromatic N) is 2. The summed E-state index contributed by atoms with van der Waals surface area (Å²) >= 11 is 13.2. The van der Waals surface area contributed by atoms with Crippen LogP contribution in [0.4, 0.5) is 0 Å². The van der Waals surface area contributed by atoms with E-state index < -0.39 is 0 Å². The summed E-state index contributed by atoms with van der Waals surface area (Å²) < 4.78 is 0. The van der Waals surface area contributed by atoms with Gasteiger partial charge in [0.25, 0.3) is 0 Å². The molecule has 2 aromatic heterocycles. The molecule has 2 rings (SSSR count). The number of halogens is 2. The van der Waals surface area contributed by atoms with E-state index in [4.69, 9.17) is 28.5 Å². The van der Waals surface area contributed by atoms with Gasteiger partial charge in [-0.1, -0.05) is 29.3 Å². The highest BCUT2D eigenvalue weighted by atomic mass is 35.5. The zero-order valence-corrected chi connectivity index (χ0v) is 9.70. The molecule has 0 saturated carbocycles. The molecule has 0 aliphatic heterocycles. The Balaban J connectivity index is 2.71. The molecule has 2 aromatic rings. The quantitative estimate of drug-likeness (QED) is 0.722. The Morgan fingerprint density at radius 1 is 1.40 bits per heavy atom. The fourth-order valence-corrected chi connectivity index (χ4v) is 2.44. The van der Waals surface area contributed by atoms with Crippen LogP contribution in [-0.2, 0) is 0 Å². The summed E-state index contributed by atoms with van der Waals surface area (Å²) in [5.41, 5.74) is 1.10. The first kappa shape index (κ1) is 10.4. The van der Waals surface area contributed by atoms with Crippen molar-refractivity contribution in [2.24, 2.45) is 0 Å². The molecule has 0 aliphatic carbocycles. The number of thiophene rings is 1. The molecule has 0 amide bonds. The number of rotatable bonds is 1. The summed E-state index contributed by atoms with van der Waals surface area (Å²) in [4.78, 5) is 4.78. The molecule has 0 fully saturated rings. The zero-order chi connectivity index (χ0) is 10.8. The van der Waals surface area contributed by atoms with E-state index in [-0.39, 0.29) is 5.15 Å². The molecular weight excluding hydrogens is 251 g/mol. The van der Waals surface area contributed by atoms with E-state index in [1.165, 1.54) is 11.3 Å². The standard InChI is InChI=1S/C10H4Cl2N2S/c11-9-4-6(8-2-1-3-15-8)7(5-13)10(12)14-9/h1-4H. The lowest BCUT2D eigenvalue weighted by atomic mass is 10.1. The van der Waals surface area contributed by atoms with E-state index in [2.05, 4.69) is 4.98 Å². The smallest absolute Gasteiger partial charge is 0.149 e. The lowest BCUT2D eigenvalue weighted by molar-refractivity contribution is 1.30. The highest BCUT2D eigenvalue weighted by Crippen LogP contribution is 2.32. The van der Waals surface area contributed by atoms with Crippen LogP contribution in [0, 0.1) is 11.3 Å². The summed E-state index contributed by atoms with van der Waals surface area (Å²) in [5, 5.41) is 11.3. The van der Waals surface area contributed by atoms with E-state index in [9.17, 15) is 0 Å². The van der Waals surface area contributed by atoms with Crippen molar-refractivity contribution in [3.63, 3.8) is 0 Å². The molecule has 0 spiro atoms. The summed E-state index contributed by atoms with van der Waals surface area (Å²) in [5.74, 6) is 0. The van der Waals surface area contributed by atoms with Crippen molar-refractivity contribution in [1.29, 1.82) is 5.26 Å². The van der Waals surface area contributed by atoms with Gasteiger partial charge in [-0.15, -0.1) is 11.3 Å². The topological polar surface area (TPSA) is 36.7 Å². The Labute approximate surface area is 101 Å². The second-order valence-corrected chi connectivity index (χ2v) is 4.44. The maximum absolute atomic E-state index is 8.98. The van der Waals surface area contributed by atoms with Gasteiger partial charge in [0.15, 0.2) is 0 Å². The van der Waals surface area contributed by atoms with Crippen LogP contribution < -0.4 is 0 Å². The average Bonchev–Trinajstić information content (AvgIpc) is 2.69. The molecule has 5 heteroatoms. The Morgan fingerprint density at radius 3 is 2.80 bits per heavy atom. The molecule has 2 heterocycles. The van der Waals surface area contributed by atoms with Crippen molar-refractivity contribution >= 4 is 34.5 Å². The van der Waals surface area contributed by atoms with Crippen LogP contribution in [0.1, 0.15) is 5.56 Å². The van der Waals surface area contributed by atoms with Crippen LogP contribution in [-0.4, -0.2) is 4.98 Å². The third-order valence-electron chi connectivity index (χ3n) is 1.84. The van der Waals surface area contributed by atoms with Gasteiger partial charge in [0.1, 0.15) is 16.4 Å². The second kappa shape index (κ2) is 4.19. The molecule has 15 heavy (non-hydrogen) atoms. The minimum atomic E-state index is 0.147. The predicted octanol–water partition coefficient (Wildman–Crippen LogP) is 3.99. The highest BCUT2D eigenvalue weighted by molar-refractivity contribution is 7.13. The van der Waals surface area contributed by atoms with Crippen LogP contribution >= 0.6 is 34.5 Å². The Hall–Kier alpha value is -1.08. The first-order chi connectivity index (χ1) is 7.22. The first-order valence-electron chi connectivity index (χ1n) is 4.02. The van der Waals surface area contributed by atoms with Crippen molar-refractivity contribution in [2.45, 2.75) is 0 Å². The van der Waals surface area contributed by atoms with Crippen molar-refractivity contribution in [3.05, 3.63) is 39.4 Å². The van der Waals surface area contributed by atoms with Crippen LogP contribution in [0.3, 0.4) is 0 Å². The van der Waals surface area contributed by atoms with Crippen molar-refractivity contribution in [3.8, 4) is 16.5 Å². The highest BCUT2D eigenvalue weighted by Gasteiger charge is 2.12. The number of aromatic nitrogens is 1. The Kier molecular flexibility index (Phi) is 2.92. The van der Waals surface area contributed by atoms with Crippen LogP contribution in [0.25, 0.3) is 10.4 Å². The number of pyridine rings is 1. The zero-order valence-electron chi connectivity index (χ0n) is 7.37. The first-order valence-corrected chi connectivity index (χ1v) is 5.66. The van der Waals surface area contributed by atoms with Gasteiger partial charge in [-0.05, 0) is 17.5 Å². The third kappa shape index (κ3) is 1.98. The summed E-state index contributed by atoms with van der Waals surface area (Å²) in [6.45, 7) is 0. The summed E-state index contributed by atoms with van der Waals surface area (Å²) in [7, 11) is 0. The Morgan fingerprint density at radius 2 is 2.20 bits per heavy atom. The van der Waals surface area contributed by atoms with Gasteiger partial charge in [-0.25, -0.2) is 4.98 Å². The van der Waals surface area contributed by atoms with E-state index >= 15 is 0 Å². The van der Waals surface area contributed by atoms with Crippen molar-refractivity contribution in [2.75, 3.05) is 0 Å². The normalized spacial score (nSPS) is 9.93. The van der Waals surface area contributed by atoms with Gasteiger partial charge in [0, 0.05) is 10.4 Å². The molecular formula is C10H4Cl2N2S. The van der Waals surface area contributed by atoms with Gasteiger partial charge < -0.3 is 0 Å². The molecule has 0 atom stereocenters. The molecule has 74 valence electrons. The molecule has 0 saturated heterocycles. The molecule has 0 N–H and O–H groups in total. The fraction of sp³-hybridized carbons (Fsp3) is 0. The largest absolute Gasteiger partial charge is 0.223 e. The van der Waals surface area contributed by atoms with Gasteiger partial charge in [-0.3, -0.25) is 0 Å². The van der Waals surface area contributed by atoms with Gasteiger partial charge in [-0.2, -0.15) is 5.26 Å². The number of hydrogen-bond acceptors (Lipinski definition) is 3. The van der Waals surface area contributed by atoms with E-state index in [1.54, 1.807) is 6.07 Å². The maximum atomic E-state index is 8.98. The molecule has 0 bridgehead atoms. The number of hydrogen-bond donors (Lipinski definition) is 0. The minimum Gasteiger partial charge on any atom is -0.223 e. The monoisotopic (exact) mass is 254 g/mol. The molecule has 0 radical (unpaired) electrons. The maximum Gasteiger partial charge on any atom is 0.149 e. The van der Waals surface area contributed by atoms with E-state index in [0.717, 1.165) is 10.4 Å². The minimum absolute atomic E-state index is 0.147. The predicted molar refractivity (Wildman–Crippen MR) is 62.3 cm³/mol. The molecule has 2 nitrogen and oxygen atoms in total. The van der Waals surface area contributed by atoms with Crippen LogP contribution in [0.15, 0.2) is 23.6 Å². The Bertz CT molecular complexity index is 529.